The number of ether oxygens (including phenoxy) is 2. The summed E-state index contributed by atoms with van der Waals surface area (Å²) in [6.45, 7) is 2.04. The van der Waals surface area contributed by atoms with E-state index < -0.39 is 23.7 Å². The number of methoxy groups -OCH3 is 2. The molecule has 2 amide bonds. The van der Waals surface area contributed by atoms with Crippen LogP contribution in [0.4, 0.5) is 5.69 Å². The summed E-state index contributed by atoms with van der Waals surface area (Å²) < 4.78 is 11.4. The van der Waals surface area contributed by atoms with Crippen LogP contribution in [0.15, 0.2) is 69.8 Å². The second-order valence-electron chi connectivity index (χ2n) is 10.7. The van der Waals surface area contributed by atoms with E-state index in [2.05, 4.69) is 15.9 Å². The van der Waals surface area contributed by atoms with Crippen molar-refractivity contribution in [3.05, 3.63) is 80.9 Å². The number of phenols is 1. The van der Waals surface area contributed by atoms with Gasteiger partial charge < -0.3 is 14.6 Å². The zero-order valence-corrected chi connectivity index (χ0v) is 24.4. The molecule has 0 saturated carbocycles. The molecule has 1 N–H and O–H groups in total. The Hall–Kier alpha value is -3.98. The monoisotopic (exact) mass is 617 g/mol. The molecule has 8 nitrogen and oxygen atoms in total. The number of halogens is 1. The summed E-state index contributed by atoms with van der Waals surface area (Å²) >= 11 is 3.25. The third-order valence-corrected chi connectivity index (χ3v) is 9.34. The van der Waals surface area contributed by atoms with Crippen molar-refractivity contribution in [3.8, 4) is 17.2 Å². The van der Waals surface area contributed by atoms with Gasteiger partial charge in [0, 0.05) is 40.8 Å². The van der Waals surface area contributed by atoms with Crippen LogP contribution in [0.5, 0.6) is 17.2 Å². The van der Waals surface area contributed by atoms with E-state index in [4.69, 9.17) is 9.47 Å². The van der Waals surface area contributed by atoms with E-state index in [1.165, 1.54) is 37.3 Å². The highest BCUT2D eigenvalue weighted by Crippen LogP contribution is 2.58. The van der Waals surface area contributed by atoms with Crippen LogP contribution >= 0.6 is 15.9 Å². The zero-order valence-electron chi connectivity index (χ0n) is 22.8. The maximum Gasteiger partial charge on any atom is 0.238 e. The quantitative estimate of drug-likeness (QED) is 0.287. The largest absolute Gasteiger partial charge is 0.508 e. The standard InChI is InChI=1S/C32H28BrNO7/c1-4-15-5-7-16(8-6-15)34-31(38)19-10-9-18-20(26(19)32(34)39)13-21-27(23(36)14-22(33)30(21)37)28(18)29-24(40-2)11-17(35)12-25(29)41-3/h5-9,11-12,14,19-20,26,28,35H,4,10,13H2,1-3H3/t19-,20+,26-,28-/m0/s1. The number of anilines is 1. The third-order valence-electron chi connectivity index (χ3n) is 8.75. The number of fused-ring (bicyclic) bond motifs is 3. The highest BCUT2D eigenvalue weighted by molar-refractivity contribution is 9.12. The Balaban J connectivity index is 1.52. The average molecular weight is 618 g/mol. The van der Waals surface area contributed by atoms with Crippen molar-refractivity contribution in [2.24, 2.45) is 17.8 Å². The van der Waals surface area contributed by atoms with Crippen molar-refractivity contribution < 1.29 is 33.8 Å². The molecule has 0 spiro atoms. The lowest BCUT2D eigenvalue weighted by Crippen LogP contribution is -2.39. The molecule has 1 fully saturated rings. The first-order valence-corrected chi connectivity index (χ1v) is 14.3. The minimum atomic E-state index is -0.774. The van der Waals surface area contributed by atoms with Crippen LogP contribution < -0.4 is 14.4 Å². The molecule has 0 radical (unpaired) electrons. The van der Waals surface area contributed by atoms with Crippen LogP contribution in [0.3, 0.4) is 0 Å². The maximum absolute atomic E-state index is 14.1. The van der Waals surface area contributed by atoms with Crippen molar-refractivity contribution >= 4 is 45.0 Å². The SMILES string of the molecule is CCc1ccc(N2C(=O)[C@H]3[C@H](CC=C4[C@H](c5c(OC)cc(O)cc5OC)C5=C(C[C@H]43)C(=O)C(Br)=CC5=O)C2=O)cc1. The lowest BCUT2D eigenvalue weighted by Gasteiger charge is -2.42. The minimum Gasteiger partial charge on any atom is -0.508 e. The molecule has 210 valence electrons. The van der Waals surface area contributed by atoms with Gasteiger partial charge in [-0.25, -0.2) is 0 Å². The lowest BCUT2D eigenvalue weighted by molar-refractivity contribution is -0.123. The van der Waals surface area contributed by atoms with Crippen LogP contribution in [-0.4, -0.2) is 42.7 Å². The van der Waals surface area contributed by atoms with Crippen LogP contribution in [0.2, 0.25) is 0 Å². The fraction of sp³-hybridized carbons (Fsp3) is 0.312. The summed E-state index contributed by atoms with van der Waals surface area (Å²) in [5, 5.41) is 10.3. The molecule has 2 aromatic carbocycles. The predicted octanol–water partition coefficient (Wildman–Crippen LogP) is 4.94. The number of aryl methyl sites for hydroxylation is 1. The Labute approximate surface area is 245 Å². The molecule has 0 aromatic heterocycles. The van der Waals surface area contributed by atoms with Crippen molar-refractivity contribution in [1.82, 2.24) is 0 Å². The number of amides is 2. The number of carbonyl (C=O) groups excluding carboxylic acids is 4. The first kappa shape index (κ1) is 27.2. The van der Waals surface area contributed by atoms with Gasteiger partial charge in [0.1, 0.15) is 17.2 Å². The Morgan fingerprint density at radius 2 is 1.63 bits per heavy atom. The first-order chi connectivity index (χ1) is 19.7. The highest BCUT2D eigenvalue weighted by Gasteiger charge is 2.57. The molecule has 0 unspecified atom stereocenters. The fourth-order valence-electron chi connectivity index (χ4n) is 6.88. The van der Waals surface area contributed by atoms with E-state index >= 15 is 0 Å². The maximum atomic E-state index is 14.1. The van der Waals surface area contributed by atoms with Gasteiger partial charge in [-0.1, -0.05) is 30.7 Å². The van der Waals surface area contributed by atoms with Crippen molar-refractivity contribution in [3.63, 3.8) is 0 Å². The van der Waals surface area contributed by atoms with Gasteiger partial charge in [-0.15, -0.1) is 0 Å². The molecule has 3 aliphatic carbocycles. The fourth-order valence-corrected chi connectivity index (χ4v) is 7.33. The zero-order chi connectivity index (χ0) is 29.2. The summed E-state index contributed by atoms with van der Waals surface area (Å²) in [6.07, 6.45) is 4.51. The van der Waals surface area contributed by atoms with Crippen LogP contribution in [-0.2, 0) is 25.6 Å². The number of hydrogen-bond donors (Lipinski definition) is 1. The van der Waals surface area contributed by atoms with Crippen molar-refractivity contribution in [1.29, 1.82) is 0 Å². The number of hydrogen-bond acceptors (Lipinski definition) is 7. The van der Waals surface area contributed by atoms with Gasteiger partial charge in [-0.3, -0.25) is 24.1 Å². The number of carbonyl (C=O) groups is 4. The summed E-state index contributed by atoms with van der Waals surface area (Å²) in [6, 6.07) is 10.3. The van der Waals surface area contributed by atoms with Gasteiger partial charge in [0.15, 0.2) is 11.6 Å². The van der Waals surface area contributed by atoms with Crippen molar-refractivity contribution in [2.45, 2.75) is 32.1 Å². The van der Waals surface area contributed by atoms with Gasteiger partial charge >= 0.3 is 0 Å². The van der Waals surface area contributed by atoms with Gasteiger partial charge in [-0.2, -0.15) is 0 Å². The van der Waals surface area contributed by atoms with Gasteiger partial charge in [0.25, 0.3) is 0 Å². The van der Waals surface area contributed by atoms with Gasteiger partial charge in [0.05, 0.1) is 36.2 Å². The normalized spacial score (nSPS) is 25.4. The number of phenolic OH excluding ortho intramolecular Hbond substituents is 1. The molecule has 1 saturated heterocycles. The predicted molar refractivity (Wildman–Crippen MR) is 154 cm³/mol. The van der Waals surface area contributed by atoms with Gasteiger partial charge in [-0.05, 0) is 58.8 Å². The smallest absolute Gasteiger partial charge is 0.238 e. The van der Waals surface area contributed by atoms with Gasteiger partial charge in [0.2, 0.25) is 11.8 Å². The van der Waals surface area contributed by atoms with E-state index in [1.54, 1.807) is 12.1 Å². The molecule has 1 heterocycles. The first-order valence-electron chi connectivity index (χ1n) is 13.5. The van der Waals surface area contributed by atoms with Crippen molar-refractivity contribution in [2.75, 3.05) is 19.1 Å². The van der Waals surface area contributed by atoms with Crippen LogP contribution in [0.25, 0.3) is 0 Å². The molecular weight excluding hydrogens is 590 g/mol. The molecule has 4 atom stereocenters. The third kappa shape index (κ3) is 4.09. The Kier molecular flexibility index (Phi) is 6.72. The number of benzene rings is 2. The van der Waals surface area contributed by atoms with E-state index in [9.17, 15) is 24.3 Å². The summed E-state index contributed by atoms with van der Waals surface area (Å²) in [5.74, 6) is -3.32. The molecule has 2 aromatic rings. The number of allylic oxidation sites excluding steroid dienone is 6. The number of imide groups is 1. The average Bonchev–Trinajstić information content (AvgIpc) is 3.23. The van der Waals surface area contributed by atoms with E-state index in [0.29, 0.717) is 28.8 Å². The second-order valence-corrected chi connectivity index (χ2v) is 11.5. The summed E-state index contributed by atoms with van der Waals surface area (Å²) in [7, 11) is 2.90. The van der Waals surface area contributed by atoms with E-state index in [0.717, 1.165) is 17.6 Å². The number of rotatable bonds is 5. The minimum absolute atomic E-state index is 0.0864. The highest BCUT2D eigenvalue weighted by atomic mass is 79.9. The Morgan fingerprint density at radius 3 is 2.24 bits per heavy atom. The number of ketones is 2. The number of nitrogens with zero attached hydrogens (tertiary/aromatic N) is 1. The summed E-state index contributed by atoms with van der Waals surface area (Å²) in [4.78, 5) is 56.1. The molecule has 1 aliphatic heterocycles. The van der Waals surface area contributed by atoms with E-state index in [1.807, 2.05) is 25.1 Å². The lowest BCUT2D eigenvalue weighted by atomic mass is 9.59. The van der Waals surface area contributed by atoms with Crippen LogP contribution in [0.1, 0.15) is 36.8 Å². The van der Waals surface area contributed by atoms with E-state index in [-0.39, 0.29) is 51.5 Å². The molecule has 0 bridgehead atoms. The number of Topliss-reactive ketones (excluding diaryl/α,β-unsaturated/α-hetero) is 1. The molecule has 4 aliphatic rings. The molecule has 6 rings (SSSR count). The number of aromatic hydroxyl groups is 1. The second kappa shape index (κ2) is 10.1. The van der Waals surface area contributed by atoms with Crippen LogP contribution in [0, 0.1) is 17.8 Å². The molecular formula is C32H28BrNO7. The Bertz CT molecular complexity index is 1590. The molecule has 41 heavy (non-hydrogen) atoms. The topological polar surface area (TPSA) is 110 Å². The Morgan fingerprint density at radius 1 is 0.976 bits per heavy atom. The molecule has 9 heteroatoms. The summed E-state index contributed by atoms with van der Waals surface area (Å²) in [5.41, 5.74) is 3.47.